The SMILES string of the molecule is O=[N+]([O-])c1ccc(Oc2cc(F)ccc2F)cc1. The lowest BCUT2D eigenvalue weighted by atomic mass is 10.3. The van der Waals surface area contributed by atoms with Crippen LogP contribution in [0.4, 0.5) is 14.5 Å². The van der Waals surface area contributed by atoms with E-state index in [-0.39, 0.29) is 17.2 Å². The lowest BCUT2D eigenvalue weighted by molar-refractivity contribution is -0.384. The van der Waals surface area contributed by atoms with Gasteiger partial charge in [0.2, 0.25) is 0 Å². The summed E-state index contributed by atoms with van der Waals surface area (Å²) in [5, 5.41) is 10.4. The van der Waals surface area contributed by atoms with E-state index in [0.717, 1.165) is 18.2 Å². The second kappa shape index (κ2) is 4.79. The number of ether oxygens (including phenoxy) is 1. The molecule has 2 aromatic rings. The van der Waals surface area contributed by atoms with Crippen LogP contribution in [0.25, 0.3) is 0 Å². The first-order chi connectivity index (χ1) is 8.56. The molecule has 0 heterocycles. The summed E-state index contributed by atoms with van der Waals surface area (Å²) in [4.78, 5) is 9.86. The van der Waals surface area contributed by atoms with Crippen LogP contribution in [0.15, 0.2) is 42.5 Å². The number of benzene rings is 2. The molecule has 0 atom stereocenters. The standard InChI is InChI=1S/C12H7F2NO3/c13-8-1-6-11(14)12(7-8)18-10-4-2-9(3-5-10)15(16)17/h1-7H. The maximum absolute atomic E-state index is 13.3. The molecule has 0 radical (unpaired) electrons. The summed E-state index contributed by atoms with van der Waals surface area (Å²) in [6.07, 6.45) is 0. The number of hydrogen-bond donors (Lipinski definition) is 0. The van der Waals surface area contributed by atoms with Crippen LogP contribution in [0.1, 0.15) is 0 Å². The minimum atomic E-state index is -0.713. The molecule has 0 aliphatic heterocycles. The fraction of sp³-hybridized carbons (Fsp3) is 0. The number of nitro benzene ring substituents is 1. The average Bonchev–Trinajstić information content (AvgIpc) is 2.34. The topological polar surface area (TPSA) is 52.4 Å². The highest BCUT2D eigenvalue weighted by molar-refractivity contribution is 5.39. The van der Waals surface area contributed by atoms with E-state index in [0.29, 0.717) is 0 Å². The average molecular weight is 251 g/mol. The number of rotatable bonds is 3. The zero-order valence-corrected chi connectivity index (χ0v) is 8.97. The van der Waals surface area contributed by atoms with E-state index in [9.17, 15) is 18.9 Å². The van der Waals surface area contributed by atoms with Gasteiger partial charge in [-0.15, -0.1) is 0 Å². The zero-order valence-electron chi connectivity index (χ0n) is 8.97. The molecule has 0 bridgehead atoms. The van der Waals surface area contributed by atoms with Crippen molar-refractivity contribution in [1.82, 2.24) is 0 Å². The van der Waals surface area contributed by atoms with Gasteiger partial charge in [0.25, 0.3) is 5.69 Å². The van der Waals surface area contributed by atoms with Crippen molar-refractivity contribution in [3.63, 3.8) is 0 Å². The Labute approximate surface area is 101 Å². The van der Waals surface area contributed by atoms with Gasteiger partial charge < -0.3 is 4.74 Å². The number of halogens is 2. The quantitative estimate of drug-likeness (QED) is 0.617. The highest BCUT2D eigenvalue weighted by atomic mass is 19.1. The van der Waals surface area contributed by atoms with Gasteiger partial charge in [0.1, 0.15) is 11.6 Å². The van der Waals surface area contributed by atoms with E-state index >= 15 is 0 Å². The van der Waals surface area contributed by atoms with Crippen molar-refractivity contribution in [2.75, 3.05) is 0 Å². The van der Waals surface area contributed by atoms with Gasteiger partial charge >= 0.3 is 0 Å². The molecule has 2 aromatic carbocycles. The van der Waals surface area contributed by atoms with Gasteiger partial charge in [0.15, 0.2) is 11.6 Å². The first kappa shape index (κ1) is 12.0. The van der Waals surface area contributed by atoms with Crippen molar-refractivity contribution in [2.45, 2.75) is 0 Å². The molecule has 0 aromatic heterocycles. The Morgan fingerprint density at radius 1 is 1.06 bits per heavy atom. The first-order valence-electron chi connectivity index (χ1n) is 4.93. The van der Waals surface area contributed by atoms with Crippen LogP contribution >= 0.6 is 0 Å². The van der Waals surface area contributed by atoms with E-state index in [4.69, 9.17) is 4.74 Å². The van der Waals surface area contributed by atoms with Crippen molar-refractivity contribution in [2.24, 2.45) is 0 Å². The molecule has 0 aliphatic rings. The predicted molar refractivity (Wildman–Crippen MR) is 59.5 cm³/mol. The molecular formula is C12H7F2NO3. The van der Waals surface area contributed by atoms with Gasteiger partial charge in [-0.25, -0.2) is 8.78 Å². The lowest BCUT2D eigenvalue weighted by Gasteiger charge is -2.06. The molecular weight excluding hydrogens is 244 g/mol. The Balaban J connectivity index is 2.23. The Kier molecular flexibility index (Phi) is 3.18. The van der Waals surface area contributed by atoms with Crippen LogP contribution in [0.5, 0.6) is 11.5 Å². The summed E-state index contributed by atoms with van der Waals surface area (Å²) in [6.45, 7) is 0. The Bertz CT molecular complexity index is 584. The van der Waals surface area contributed by atoms with E-state index in [2.05, 4.69) is 0 Å². The Morgan fingerprint density at radius 2 is 1.72 bits per heavy atom. The monoisotopic (exact) mass is 251 g/mol. The summed E-state index contributed by atoms with van der Waals surface area (Å²) in [5.41, 5.74) is -0.109. The summed E-state index contributed by atoms with van der Waals surface area (Å²) in [6, 6.07) is 7.86. The molecule has 0 amide bonds. The van der Waals surface area contributed by atoms with Gasteiger partial charge in [-0.05, 0) is 24.3 Å². The van der Waals surface area contributed by atoms with Crippen molar-refractivity contribution in [1.29, 1.82) is 0 Å². The highest BCUT2D eigenvalue weighted by Gasteiger charge is 2.08. The third kappa shape index (κ3) is 2.60. The van der Waals surface area contributed by atoms with E-state index in [1.165, 1.54) is 24.3 Å². The molecule has 0 saturated heterocycles. The van der Waals surface area contributed by atoms with Crippen molar-refractivity contribution in [3.05, 3.63) is 64.2 Å². The van der Waals surface area contributed by atoms with Gasteiger partial charge in [0, 0.05) is 18.2 Å². The minimum Gasteiger partial charge on any atom is -0.454 e. The lowest BCUT2D eigenvalue weighted by Crippen LogP contribution is -1.91. The molecule has 2 rings (SSSR count). The Hall–Kier alpha value is -2.50. The number of hydrogen-bond acceptors (Lipinski definition) is 3. The maximum atomic E-state index is 13.3. The van der Waals surface area contributed by atoms with Gasteiger partial charge in [0.05, 0.1) is 4.92 Å². The smallest absolute Gasteiger partial charge is 0.269 e. The molecule has 4 nitrogen and oxygen atoms in total. The molecule has 0 saturated carbocycles. The summed E-state index contributed by atoms with van der Waals surface area (Å²) < 4.78 is 31.2. The van der Waals surface area contributed by atoms with Crippen LogP contribution in [-0.2, 0) is 0 Å². The van der Waals surface area contributed by atoms with Crippen molar-refractivity contribution < 1.29 is 18.4 Å². The summed E-state index contributed by atoms with van der Waals surface area (Å²) in [7, 11) is 0. The third-order valence-electron chi connectivity index (χ3n) is 2.17. The molecule has 0 spiro atoms. The number of non-ortho nitro benzene ring substituents is 1. The predicted octanol–water partition coefficient (Wildman–Crippen LogP) is 3.67. The largest absolute Gasteiger partial charge is 0.454 e. The van der Waals surface area contributed by atoms with E-state index < -0.39 is 16.6 Å². The number of nitro groups is 1. The first-order valence-corrected chi connectivity index (χ1v) is 4.93. The third-order valence-corrected chi connectivity index (χ3v) is 2.17. The zero-order chi connectivity index (χ0) is 13.1. The van der Waals surface area contributed by atoms with Crippen LogP contribution in [0.2, 0.25) is 0 Å². The minimum absolute atomic E-state index is 0.109. The number of nitrogens with zero attached hydrogens (tertiary/aromatic N) is 1. The maximum Gasteiger partial charge on any atom is 0.269 e. The van der Waals surface area contributed by atoms with Crippen LogP contribution in [0, 0.1) is 21.7 Å². The molecule has 6 heteroatoms. The van der Waals surface area contributed by atoms with Crippen LogP contribution in [-0.4, -0.2) is 4.92 Å². The molecule has 92 valence electrons. The fourth-order valence-corrected chi connectivity index (χ4v) is 1.32. The van der Waals surface area contributed by atoms with Crippen LogP contribution in [0.3, 0.4) is 0 Å². The van der Waals surface area contributed by atoms with Crippen molar-refractivity contribution >= 4 is 5.69 Å². The van der Waals surface area contributed by atoms with Crippen LogP contribution < -0.4 is 4.74 Å². The van der Waals surface area contributed by atoms with Gasteiger partial charge in [-0.1, -0.05) is 0 Å². The second-order valence-corrected chi connectivity index (χ2v) is 3.43. The van der Waals surface area contributed by atoms with E-state index in [1.807, 2.05) is 0 Å². The second-order valence-electron chi connectivity index (χ2n) is 3.43. The highest BCUT2D eigenvalue weighted by Crippen LogP contribution is 2.26. The molecule has 18 heavy (non-hydrogen) atoms. The van der Waals surface area contributed by atoms with Gasteiger partial charge in [-0.2, -0.15) is 0 Å². The fourth-order valence-electron chi connectivity index (χ4n) is 1.32. The summed E-state index contributed by atoms with van der Waals surface area (Å²) in [5.74, 6) is -1.43. The molecule has 0 fully saturated rings. The van der Waals surface area contributed by atoms with Gasteiger partial charge in [-0.3, -0.25) is 10.1 Å². The Morgan fingerprint density at radius 3 is 2.33 bits per heavy atom. The molecule has 0 unspecified atom stereocenters. The normalized spacial score (nSPS) is 10.1. The molecule has 0 N–H and O–H groups in total. The molecule has 0 aliphatic carbocycles. The van der Waals surface area contributed by atoms with E-state index in [1.54, 1.807) is 0 Å². The summed E-state index contributed by atoms with van der Waals surface area (Å²) >= 11 is 0. The van der Waals surface area contributed by atoms with Crippen molar-refractivity contribution in [3.8, 4) is 11.5 Å².